The molecule has 0 aliphatic carbocycles. The molecule has 0 saturated carbocycles. The molecule has 0 bridgehead atoms. The van der Waals surface area contributed by atoms with Crippen LogP contribution in [0.25, 0.3) is 0 Å². The third-order valence-electron chi connectivity index (χ3n) is 3.52. The Labute approximate surface area is 134 Å². The Balaban J connectivity index is 2.11. The first-order valence-corrected chi connectivity index (χ1v) is 8.17. The Kier molecular flexibility index (Phi) is 4.86. The summed E-state index contributed by atoms with van der Waals surface area (Å²) in [4.78, 5) is 23.2. The predicted molar refractivity (Wildman–Crippen MR) is 87.3 cm³/mol. The number of carbonyl (C=O) groups is 1. The molecule has 5 nitrogen and oxygen atoms in total. The highest BCUT2D eigenvalue weighted by Gasteiger charge is 2.24. The van der Waals surface area contributed by atoms with E-state index in [2.05, 4.69) is 52.0 Å². The fourth-order valence-corrected chi connectivity index (χ4v) is 2.71. The van der Waals surface area contributed by atoms with Gasteiger partial charge in [0.05, 0.1) is 0 Å². The number of amides is 1. The lowest BCUT2D eigenvalue weighted by atomic mass is 9.96. The fraction of sp³-hybridized carbons (Fsp3) is 0.667. The van der Waals surface area contributed by atoms with Crippen molar-refractivity contribution < 1.29 is 4.79 Å². The van der Waals surface area contributed by atoms with E-state index in [1.54, 1.807) is 0 Å². The number of nitrogens with zero attached hydrogens (tertiary/aromatic N) is 3. The van der Waals surface area contributed by atoms with Gasteiger partial charge in [-0.25, -0.2) is 9.97 Å². The molecule has 1 saturated heterocycles. The molecule has 2 heterocycles. The molecule has 0 spiro atoms. The lowest BCUT2D eigenvalue weighted by Crippen LogP contribution is -2.39. The number of likely N-dealkylation sites (tertiary alicyclic amines) is 1. The van der Waals surface area contributed by atoms with Crippen molar-refractivity contribution in [3.8, 4) is 0 Å². The molecule has 1 aromatic heterocycles. The van der Waals surface area contributed by atoms with Gasteiger partial charge in [0.15, 0.2) is 0 Å². The molecule has 21 heavy (non-hydrogen) atoms. The van der Waals surface area contributed by atoms with Crippen LogP contribution in [0.2, 0.25) is 0 Å². The molecule has 0 aromatic carbocycles. The van der Waals surface area contributed by atoms with E-state index < -0.39 is 0 Å². The minimum atomic E-state index is -0.280. The van der Waals surface area contributed by atoms with E-state index in [0.717, 1.165) is 36.4 Å². The lowest BCUT2D eigenvalue weighted by molar-refractivity contribution is -0.130. The van der Waals surface area contributed by atoms with E-state index in [1.165, 1.54) is 0 Å². The maximum absolute atomic E-state index is 12.3. The Morgan fingerprint density at radius 2 is 1.95 bits per heavy atom. The van der Waals surface area contributed by atoms with Crippen LogP contribution in [0.5, 0.6) is 0 Å². The van der Waals surface area contributed by atoms with E-state index in [4.69, 9.17) is 0 Å². The van der Waals surface area contributed by atoms with Crippen LogP contribution in [0.3, 0.4) is 0 Å². The lowest BCUT2D eigenvalue weighted by Gasteiger charge is -2.23. The van der Waals surface area contributed by atoms with Gasteiger partial charge in [0.25, 0.3) is 0 Å². The van der Waals surface area contributed by atoms with Crippen molar-refractivity contribution >= 4 is 27.7 Å². The number of anilines is 1. The zero-order valence-electron chi connectivity index (χ0n) is 13.1. The van der Waals surface area contributed by atoms with Crippen LogP contribution in [0, 0.1) is 0 Å². The van der Waals surface area contributed by atoms with Gasteiger partial charge in [-0.05, 0) is 35.7 Å². The average Bonchev–Trinajstić information content (AvgIpc) is 2.89. The quantitative estimate of drug-likeness (QED) is 0.847. The molecule has 6 heteroatoms. The normalized spacial score (nSPS) is 16.9. The monoisotopic (exact) mass is 354 g/mol. The molecule has 1 aliphatic rings. The van der Waals surface area contributed by atoms with Crippen LogP contribution in [-0.4, -0.2) is 39.9 Å². The average molecular weight is 355 g/mol. The number of hydrogen-bond acceptors (Lipinski definition) is 4. The number of aromatic nitrogens is 2. The molecule has 1 N–H and O–H groups in total. The second kappa shape index (κ2) is 6.30. The molecule has 1 amide bonds. The number of carbonyl (C=O) groups excluding carboxylic acids is 1. The largest absolute Gasteiger partial charge is 0.358 e. The SMILES string of the molecule is CC(Nc1cc(Br)nc(C(C)(C)C)n1)C(=O)N1CCCC1. The van der Waals surface area contributed by atoms with Gasteiger partial charge in [-0.15, -0.1) is 0 Å². The molecule has 2 rings (SSSR count). The predicted octanol–water partition coefficient (Wildman–Crippen LogP) is 2.96. The Morgan fingerprint density at radius 3 is 2.52 bits per heavy atom. The van der Waals surface area contributed by atoms with E-state index >= 15 is 0 Å². The minimum Gasteiger partial charge on any atom is -0.358 e. The van der Waals surface area contributed by atoms with Crippen LogP contribution in [0.4, 0.5) is 5.82 Å². The van der Waals surface area contributed by atoms with Gasteiger partial charge in [-0.2, -0.15) is 0 Å². The number of nitrogens with one attached hydrogen (secondary N) is 1. The molecule has 1 atom stereocenters. The summed E-state index contributed by atoms with van der Waals surface area (Å²) in [7, 11) is 0. The highest BCUT2D eigenvalue weighted by Crippen LogP contribution is 2.23. The summed E-state index contributed by atoms with van der Waals surface area (Å²) >= 11 is 3.41. The van der Waals surface area contributed by atoms with Crippen LogP contribution in [0.1, 0.15) is 46.4 Å². The summed E-state index contributed by atoms with van der Waals surface area (Å²) in [5.41, 5.74) is -0.136. The second-order valence-electron chi connectivity index (χ2n) is 6.55. The van der Waals surface area contributed by atoms with Crippen LogP contribution < -0.4 is 5.32 Å². The summed E-state index contributed by atoms with van der Waals surface area (Å²) in [5.74, 6) is 1.57. The van der Waals surface area contributed by atoms with Crippen LogP contribution in [-0.2, 0) is 10.2 Å². The first-order chi connectivity index (χ1) is 9.77. The molecule has 0 radical (unpaired) electrons. The van der Waals surface area contributed by atoms with Gasteiger partial charge in [0.1, 0.15) is 22.3 Å². The van der Waals surface area contributed by atoms with Crippen molar-refractivity contribution in [1.82, 2.24) is 14.9 Å². The summed E-state index contributed by atoms with van der Waals surface area (Å²) in [5, 5.41) is 3.20. The maximum Gasteiger partial charge on any atom is 0.244 e. The first kappa shape index (κ1) is 16.2. The topological polar surface area (TPSA) is 58.1 Å². The standard InChI is InChI=1S/C15H23BrN4O/c1-10(13(21)20-7-5-6-8-20)17-12-9-11(16)18-14(19-12)15(2,3)4/h9-10H,5-8H2,1-4H3,(H,17,18,19). The van der Waals surface area contributed by atoms with Gasteiger partial charge in [0.2, 0.25) is 5.91 Å². The summed E-state index contributed by atoms with van der Waals surface area (Å²) < 4.78 is 0.728. The molecule has 1 aromatic rings. The molecule has 1 unspecified atom stereocenters. The molecule has 1 fully saturated rings. The summed E-state index contributed by atoms with van der Waals surface area (Å²) in [6.07, 6.45) is 2.21. The number of rotatable bonds is 3. The van der Waals surface area contributed by atoms with E-state index in [-0.39, 0.29) is 17.4 Å². The van der Waals surface area contributed by atoms with Crippen molar-refractivity contribution in [2.45, 2.75) is 52.0 Å². The summed E-state index contributed by atoms with van der Waals surface area (Å²) in [6.45, 7) is 9.82. The Morgan fingerprint density at radius 1 is 1.33 bits per heavy atom. The van der Waals surface area contributed by atoms with E-state index in [0.29, 0.717) is 5.82 Å². The second-order valence-corrected chi connectivity index (χ2v) is 7.36. The Bertz CT molecular complexity index is 521. The first-order valence-electron chi connectivity index (χ1n) is 7.38. The zero-order valence-corrected chi connectivity index (χ0v) is 14.7. The summed E-state index contributed by atoms with van der Waals surface area (Å²) in [6, 6.07) is 1.53. The van der Waals surface area contributed by atoms with E-state index in [9.17, 15) is 4.79 Å². The van der Waals surface area contributed by atoms with Gasteiger partial charge < -0.3 is 10.2 Å². The maximum atomic E-state index is 12.3. The number of hydrogen-bond donors (Lipinski definition) is 1. The smallest absolute Gasteiger partial charge is 0.244 e. The molecule has 116 valence electrons. The minimum absolute atomic E-state index is 0.136. The highest BCUT2D eigenvalue weighted by atomic mass is 79.9. The van der Waals surface area contributed by atoms with Crippen molar-refractivity contribution in [3.05, 3.63) is 16.5 Å². The third kappa shape index (κ3) is 4.15. The fourth-order valence-electron chi connectivity index (χ4n) is 2.32. The van der Waals surface area contributed by atoms with E-state index in [1.807, 2.05) is 17.9 Å². The molecule has 1 aliphatic heterocycles. The van der Waals surface area contributed by atoms with Gasteiger partial charge in [-0.3, -0.25) is 4.79 Å². The van der Waals surface area contributed by atoms with Gasteiger partial charge in [0, 0.05) is 24.6 Å². The van der Waals surface area contributed by atoms with Crippen molar-refractivity contribution in [2.75, 3.05) is 18.4 Å². The van der Waals surface area contributed by atoms with Crippen LogP contribution in [0.15, 0.2) is 10.7 Å². The van der Waals surface area contributed by atoms with Gasteiger partial charge >= 0.3 is 0 Å². The molecular weight excluding hydrogens is 332 g/mol. The van der Waals surface area contributed by atoms with Crippen molar-refractivity contribution in [3.63, 3.8) is 0 Å². The van der Waals surface area contributed by atoms with Crippen molar-refractivity contribution in [2.24, 2.45) is 0 Å². The highest BCUT2D eigenvalue weighted by molar-refractivity contribution is 9.10. The van der Waals surface area contributed by atoms with Crippen LogP contribution >= 0.6 is 15.9 Å². The third-order valence-corrected chi connectivity index (χ3v) is 3.92. The molecular formula is C15H23BrN4O. The Hall–Kier alpha value is -1.17. The zero-order chi connectivity index (χ0) is 15.6. The van der Waals surface area contributed by atoms with Crippen molar-refractivity contribution in [1.29, 1.82) is 0 Å². The number of halogens is 1. The van der Waals surface area contributed by atoms with Gasteiger partial charge in [-0.1, -0.05) is 20.8 Å².